The minimum Gasteiger partial charge on any atom is -0.352 e. The van der Waals surface area contributed by atoms with Gasteiger partial charge in [-0.2, -0.15) is 0 Å². The van der Waals surface area contributed by atoms with Gasteiger partial charge in [-0.1, -0.05) is 6.42 Å². The molecule has 0 aromatic carbocycles. The van der Waals surface area contributed by atoms with E-state index in [2.05, 4.69) is 21.8 Å². The van der Waals surface area contributed by atoms with Crippen molar-refractivity contribution in [3.8, 4) is 0 Å². The molecule has 1 aromatic rings. The van der Waals surface area contributed by atoms with Gasteiger partial charge in [0.1, 0.15) is 0 Å². The van der Waals surface area contributed by atoms with E-state index in [-0.39, 0.29) is 0 Å². The molecule has 2 unspecified atom stereocenters. The monoisotopic (exact) mass is 248 g/mol. The van der Waals surface area contributed by atoms with Crippen LogP contribution in [0.1, 0.15) is 37.6 Å². The quantitative estimate of drug-likeness (QED) is 0.886. The van der Waals surface area contributed by atoms with Crippen molar-refractivity contribution in [2.45, 2.75) is 46.1 Å². The third-order valence-corrected chi connectivity index (χ3v) is 3.99. The Kier molecular flexibility index (Phi) is 4.17. The highest BCUT2D eigenvalue weighted by Crippen LogP contribution is 2.32. The van der Waals surface area contributed by atoms with Gasteiger partial charge in [0.15, 0.2) is 5.82 Å². The van der Waals surface area contributed by atoms with Gasteiger partial charge in [-0.3, -0.25) is 4.98 Å². The van der Waals surface area contributed by atoms with Gasteiger partial charge in [0, 0.05) is 18.8 Å². The third-order valence-electron chi connectivity index (χ3n) is 3.99. The van der Waals surface area contributed by atoms with Crippen LogP contribution in [0.2, 0.25) is 0 Å². The molecule has 2 atom stereocenters. The molecule has 0 bridgehead atoms. The lowest BCUT2D eigenvalue weighted by molar-refractivity contribution is 0.458. The van der Waals surface area contributed by atoms with Gasteiger partial charge < -0.3 is 10.6 Å². The number of aryl methyl sites for hydroxylation is 2. The van der Waals surface area contributed by atoms with Gasteiger partial charge >= 0.3 is 0 Å². The van der Waals surface area contributed by atoms with Gasteiger partial charge in [-0.25, -0.2) is 4.98 Å². The van der Waals surface area contributed by atoms with E-state index >= 15 is 0 Å². The Morgan fingerprint density at radius 1 is 1.39 bits per heavy atom. The highest BCUT2D eigenvalue weighted by molar-refractivity contribution is 5.44. The van der Waals surface area contributed by atoms with E-state index in [1.807, 2.05) is 20.0 Å². The molecule has 4 heteroatoms. The molecule has 1 heterocycles. The Morgan fingerprint density at radius 2 is 2.17 bits per heavy atom. The van der Waals surface area contributed by atoms with Crippen LogP contribution in [0.4, 0.5) is 5.82 Å². The van der Waals surface area contributed by atoms with Gasteiger partial charge in [0.2, 0.25) is 0 Å². The molecule has 1 aliphatic rings. The molecule has 1 aliphatic carbocycles. The van der Waals surface area contributed by atoms with E-state index in [1.165, 1.54) is 19.3 Å². The SMILES string of the molecule is CCN(c1nc(C)cnc1C)C1CCCC1CN. The zero-order valence-electron chi connectivity index (χ0n) is 11.7. The van der Waals surface area contributed by atoms with E-state index in [1.54, 1.807) is 0 Å². The van der Waals surface area contributed by atoms with Crippen LogP contribution in [0, 0.1) is 19.8 Å². The molecule has 0 amide bonds. The van der Waals surface area contributed by atoms with E-state index in [9.17, 15) is 0 Å². The Labute approximate surface area is 110 Å². The topological polar surface area (TPSA) is 55.0 Å². The van der Waals surface area contributed by atoms with Crippen molar-refractivity contribution in [2.75, 3.05) is 18.0 Å². The van der Waals surface area contributed by atoms with E-state index < -0.39 is 0 Å². The molecule has 100 valence electrons. The number of nitrogens with two attached hydrogens (primary N) is 1. The first-order valence-corrected chi connectivity index (χ1v) is 6.94. The Hall–Kier alpha value is -1.16. The van der Waals surface area contributed by atoms with Crippen LogP contribution >= 0.6 is 0 Å². The van der Waals surface area contributed by atoms with Crippen molar-refractivity contribution >= 4 is 5.82 Å². The number of nitrogens with zero attached hydrogens (tertiary/aromatic N) is 3. The molecular weight excluding hydrogens is 224 g/mol. The molecule has 0 saturated heterocycles. The minimum absolute atomic E-state index is 0.537. The summed E-state index contributed by atoms with van der Waals surface area (Å²) in [6.45, 7) is 7.98. The summed E-state index contributed by atoms with van der Waals surface area (Å²) < 4.78 is 0. The highest BCUT2D eigenvalue weighted by atomic mass is 15.2. The molecule has 0 spiro atoms. The van der Waals surface area contributed by atoms with E-state index in [0.717, 1.165) is 30.3 Å². The van der Waals surface area contributed by atoms with Crippen LogP contribution in [-0.2, 0) is 0 Å². The zero-order chi connectivity index (χ0) is 13.1. The van der Waals surface area contributed by atoms with Crippen molar-refractivity contribution < 1.29 is 0 Å². The standard InChI is InChI=1S/C14H24N4/c1-4-18(13-7-5-6-12(13)8-15)14-11(3)16-9-10(2)17-14/h9,12-13H,4-8,15H2,1-3H3. The smallest absolute Gasteiger partial charge is 0.150 e. The number of rotatable bonds is 4. The maximum Gasteiger partial charge on any atom is 0.150 e. The van der Waals surface area contributed by atoms with Crippen LogP contribution in [0.3, 0.4) is 0 Å². The van der Waals surface area contributed by atoms with Crippen molar-refractivity contribution in [1.29, 1.82) is 0 Å². The fraction of sp³-hybridized carbons (Fsp3) is 0.714. The Morgan fingerprint density at radius 3 is 2.83 bits per heavy atom. The molecule has 4 nitrogen and oxygen atoms in total. The molecule has 1 aromatic heterocycles. The lowest BCUT2D eigenvalue weighted by atomic mass is 10.0. The second-order valence-corrected chi connectivity index (χ2v) is 5.20. The summed E-state index contributed by atoms with van der Waals surface area (Å²) in [7, 11) is 0. The highest BCUT2D eigenvalue weighted by Gasteiger charge is 2.32. The predicted octanol–water partition coefficient (Wildman–Crippen LogP) is 2.05. The first-order chi connectivity index (χ1) is 8.67. The largest absolute Gasteiger partial charge is 0.352 e. The summed E-state index contributed by atoms with van der Waals surface area (Å²) in [6.07, 6.45) is 5.59. The van der Waals surface area contributed by atoms with E-state index in [0.29, 0.717) is 12.0 Å². The molecule has 2 N–H and O–H groups in total. The lowest BCUT2D eigenvalue weighted by Gasteiger charge is -2.33. The summed E-state index contributed by atoms with van der Waals surface area (Å²) in [5, 5.41) is 0. The average Bonchev–Trinajstić information content (AvgIpc) is 2.83. The van der Waals surface area contributed by atoms with Crippen LogP contribution in [0.15, 0.2) is 6.20 Å². The maximum absolute atomic E-state index is 5.90. The van der Waals surface area contributed by atoms with Crippen LogP contribution in [-0.4, -0.2) is 29.1 Å². The fourth-order valence-electron chi connectivity index (χ4n) is 3.04. The molecule has 2 rings (SSSR count). The third kappa shape index (κ3) is 2.48. The average molecular weight is 248 g/mol. The van der Waals surface area contributed by atoms with Crippen molar-refractivity contribution in [3.63, 3.8) is 0 Å². The number of hydrogen-bond acceptors (Lipinski definition) is 4. The molecule has 0 aliphatic heterocycles. The molecule has 1 fully saturated rings. The predicted molar refractivity (Wildman–Crippen MR) is 74.7 cm³/mol. The summed E-state index contributed by atoms with van der Waals surface area (Å²) in [4.78, 5) is 11.5. The Bertz CT molecular complexity index is 405. The second-order valence-electron chi connectivity index (χ2n) is 5.20. The maximum atomic E-state index is 5.90. The first-order valence-electron chi connectivity index (χ1n) is 6.94. The van der Waals surface area contributed by atoms with Crippen molar-refractivity contribution in [3.05, 3.63) is 17.6 Å². The second kappa shape index (κ2) is 5.65. The minimum atomic E-state index is 0.537. The first kappa shape index (κ1) is 13.3. The van der Waals surface area contributed by atoms with Crippen molar-refractivity contribution in [1.82, 2.24) is 9.97 Å². The summed E-state index contributed by atoms with van der Waals surface area (Å²) in [6, 6.07) is 0.537. The fourth-order valence-corrected chi connectivity index (χ4v) is 3.04. The van der Waals surface area contributed by atoms with Crippen LogP contribution < -0.4 is 10.6 Å². The normalized spacial score (nSPS) is 23.3. The Balaban J connectivity index is 2.30. The summed E-state index contributed by atoms with van der Waals surface area (Å²) in [5.41, 5.74) is 7.90. The van der Waals surface area contributed by atoms with Crippen LogP contribution in [0.5, 0.6) is 0 Å². The molecule has 18 heavy (non-hydrogen) atoms. The molecular formula is C14H24N4. The van der Waals surface area contributed by atoms with Gasteiger partial charge in [0.25, 0.3) is 0 Å². The number of hydrogen-bond donors (Lipinski definition) is 1. The molecule has 0 radical (unpaired) electrons. The van der Waals surface area contributed by atoms with Gasteiger partial charge in [-0.05, 0) is 46.1 Å². The van der Waals surface area contributed by atoms with E-state index in [4.69, 9.17) is 5.73 Å². The number of anilines is 1. The summed E-state index contributed by atoms with van der Waals surface area (Å²) in [5.74, 6) is 1.65. The van der Waals surface area contributed by atoms with Gasteiger partial charge in [-0.15, -0.1) is 0 Å². The lowest BCUT2D eigenvalue weighted by Crippen LogP contribution is -2.41. The van der Waals surface area contributed by atoms with Crippen molar-refractivity contribution in [2.24, 2.45) is 11.7 Å². The van der Waals surface area contributed by atoms with Crippen LogP contribution in [0.25, 0.3) is 0 Å². The zero-order valence-corrected chi connectivity index (χ0v) is 11.7. The summed E-state index contributed by atoms with van der Waals surface area (Å²) >= 11 is 0. The van der Waals surface area contributed by atoms with Gasteiger partial charge in [0.05, 0.1) is 11.4 Å². The molecule has 1 saturated carbocycles. The number of aromatic nitrogens is 2.